The van der Waals surface area contributed by atoms with Crippen molar-refractivity contribution >= 4 is 43.2 Å². The van der Waals surface area contributed by atoms with E-state index in [-0.39, 0.29) is 46.9 Å². The lowest BCUT2D eigenvalue weighted by molar-refractivity contribution is -0.137. The summed E-state index contributed by atoms with van der Waals surface area (Å²) in [6.45, 7) is 6.20. The first kappa shape index (κ1) is 38.1. The standard InChI is InChI=1S/C34H40N2O10S2/c1-4-46-20-19-35-34(41)30(17-18-31(37)38)36-33(40)26-11-9-25(10-12-26)32(39)27(21-47(42,43)28-13-5-23(2)6-14-28)22-48(44,45)29-15-7-24(3)8-16-29/h5-16,27,30H,4,17-22H2,1-3H3,(H,35,41)(H,36,40)(H,37,38)/t30-/m1/s1. The van der Waals surface area contributed by atoms with Crippen molar-refractivity contribution in [1.29, 1.82) is 0 Å². The molecule has 3 aromatic rings. The number of carboxylic acids is 1. The molecule has 2 amide bonds. The second kappa shape index (κ2) is 17.1. The van der Waals surface area contributed by atoms with E-state index in [0.717, 1.165) is 11.1 Å². The van der Waals surface area contributed by atoms with Gasteiger partial charge in [-0.05, 0) is 63.6 Å². The summed E-state index contributed by atoms with van der Waals surface area (Å²) in [5.74, 6) is -6.24. The average Bonchev–Trinajstić information content (AvgIpc) is 3.04. The number of aliphatic carboxylic acids is 1. The van der Waals surface area contributed by atoms with Crippen LogP contribution < -0.4 is 10.6 Å². The van der Waals surface area contributed by atoms with Crippen LogP contribution in [-0.4, -0.2) is 82.8 Å². The third kappa shape index (κ3) is 11.1. The van der Waals surface area contributed by atoms with Crippen LogP contribution in [0.1, 0.15) is 51.6 Å². The summed E-state index contributed by atoms with van der Waals surface area (Å²) >= 11 is 0. The van der Waals surface area contributed by atoms with Gasteiger partial charge >= 0.3 is 5.97 Å². The topological polar surface area (TPSA) is 190 Å². The Labute approximate surface area is 280 Å². The van der Waals surface area contributed by atoms with Crippen molar-refractivity contribution in [1.82, 2.24) is 10.6 Å². The van der Waals surface area contributed by atoms with Crippen LogP contribution in [0.2, 0.25) is 0 Å². The van der Waals surface area contributed by atoms with E-state index in [1.807, 2.05) is 0 Å². The van der Waals surface area contributed by atoms with Gasteiger partial charge in [0.25, 0.3) is 5.91 Å². The van der Waals surface area contributed by atoms with Gasteiger partial charge in [0.15, 0.2) is 25.5 Å². The molecule has 0 saturated heterocycles. The van der Waals surface area contributed by atoms with Crippen molar-refractivity contribution in [3.8, 4) is 0 Å². The summed E-state index contributed by atoms with van der Waals surface area (Å²) < 4.78 is 58.7. The van der Waals surface area contributed by atoms with E-state index >= 15 is 0 Å². The number of amides is 2. The third-order valence-corrected chi connectivity index (χ3v) is 11.1. The fourth-order valence-corrected chi connectivity index (χ4v) is 7.96. The Morgan fingerprint density at radius 1 is 0.750 bits per heavy atom. The van der Waals surface area contributed by atoms with Gasteiger partial charge < -0.3 is 20.5 Å². The molecule has 3 rings (SSSR count). The monoisotopic (exact) mass is 700 g/mol. The summed E-state index contributed by atoms with van der Waals surface area (Å²) in [5, 5.41) is 14.2. The molecule has 0 aliphatic carbocycles. The number of carbonyl (C=O) groups excluding carboxylic acids is 3. The largest absolute Gasteiger partial charge is 0.481 e. The first-order valence-electron chi connectivity index (χ1n) is 15.2. The minimum Gasteiger partial charge on any atom is -0.481 e. The molecule has 3 aromatic carbocycles. The summed E-state index contributed by atoms with van der Waals surface area (Å²) in [4.78, 5) is 50.5. The SMILES string of the molecule is CCOCCNC(=O)[C@@H](CCC(=O)O)NC(=O)c1ccc(C(=O)C(CS(=O)(=O)c2ccc(C)cc2)CS(=O)(=O)c2ccc(C)cc2)cc1. The summed E-state index contributed by atoms with van der Waals surface area (Å²) in [6, 6.07) is 16.0. The highest BCUT2D eigenvalue weighted by Crippen LogP contribution is 2.23. The normalized spacial score (nSPS) is 12.3. The predicted molar refractivity (Wildman–Crippen MR) is 178 cm³/mol. The highest BCUT2D eigenvalue weighted by atomic mass is 32.2. The molecule has 0 bridgehead atoms. The van der Waals surface area contributed by atoms with Crippen molar-refractivity contribution in [3.05, 3.63) is 95.1 Å². The van der Waals surface area contributed by atoms with Gasteiger partial charge in [-0.15, -0.1) is 0 Å². The number of rotatable bonds is 18. The lowest BCUT2D eigenvalue weighted by atomic mass is 9.99. The molecule has 1 atom stereocenters. The molecule has 0 aromatic heterocycles. The van der Waals surface area contributed by atoms with Crippen molar-refractivity contribution in [3.63, 3.8) is 0 Å². The summed E-state index contributed by atoms with van der Waals surface area (Å²) in [7, 11) is -8.19. The maximum absolute atomic E-state index is 13.8. The number of benzene rings is 3. The molecule has 0 aliphatic heterocycles. The second-order valence-electron chi connectivity index (χ2n) is 11.3. The zero-order valence-corrected chi connectivity index (χ0v) is 28.6. The number of hydrogen-bond donors (Lipinski definition) is 3. The summed E-state index contributed by atoms with van der Waals surface area (Å²) in [5.41, 5.74) is 1.65. The second-order valence-corrected chi connectivity index (χ2v) is 15.3. The predicted octanol–water partition coefficient (Wildman–Crippen LogP) is 3.17. The number of sulfone groups is 2. The Morgan fingerprint density at radius 2 is 1.23 bits per heavy atom. The third-order valence-electron chi connectivity index (χ3n) is 7.42. The number of carboxylic acid groups (broad SMARTS) is 1. The zero-order chi connectivity index (χ0) is 35.5. The Kier molecular flexibility index (Phi) is 13.6. The molecule has 0 fully saturated rings. The van der Waals surface area contributed by atoms with Crippen LogP contribution in [-0.2, 0) is 34.0 Å². The van der Waals surface area contributed by atoms with E-state index in [1.165, 1.54) is 48.5 Å². The van der Waals surface area contributed by atoms with E-state index in [0.29, 0.717) is 6.61 Å². The first-order chi connectivity index (χ1) is 22.6. The van der Waals surface area contributed by atoms with Gasteiger partial charge in [0, 0.05) is 30.7 Å². The molecule has 0 heterocycles. The number of aryl methyl sites for hydroxylation is 2. The number of nitrogens with one attached hydrogen (secondary N) is 2. The van der Waals surface area contributed by atoms with E-state index < -0.39 is 66.7 Å². The van der Waals surface area contributed by atoms with Gasteiger partial charge in [-0.25, -0.2) is 16.8 Å². The molecule has 0 aliphatic rings. The Balaban J connectivity index is 1.85. The molecule has 0 spiro atoms. The number of carbonyl (C=O) groups is 4. The molecule has 14 heteroatoms. The van der Waals surface area contributed by atoms with Crippen molar-refractivity contribution in [2.45, 2.75) is 49.4 Å². The lowest BCUT2D eigenvalue weighted by Crippen LogP contribution is -2.47. The highest BCUT2D eigenvalue weighted by Gasteiger charge is 2.33. The van der Waals surface area contributed by atoms with Crippen LogP contribution in [0.3, 0.4) is 0 Å². The van der Waals surface area contributed by atoms with Crippen LogP contribution in [0.4, 0.5) is 0 Å². The quantitative estimate of drug-likeness (QED) is 0.131. The molecule has 0 saturated carbocycles. The molecular weight excluding hydrogens is 661 g/mol. The molecule has 0 radical (unpaired) electrons. The molecule has 12 nitrogen and oxygen atoms in total. The van der Waals surface area contributed by atoms with Crippen LogP contribution in [0.5, 0.6) is 0 Å². The molecule has 3 N–H and O–H groups in total. The van der Waals surface area contributed by atoms with E-state index in [1.54, 1.807) is 45.0 Å². The average molecular weight is 701 g/mol. The minimum absolute atomic E-state index is 0.0224. The summed E-state index contributed by atoms with van der Waals surface area (Å²) in [6.07, 6.45) is -0.555. The van der Waals surface area contributed by atoms with Gasteiger partial charge in [-0.2, -0.15) is 0 Å². The van der Waals surface area contributed by atoms with Gasteiger partial charge in [-0.1, -0.05) is 47.5 Å². The maximum atomic E-state index is 13.8. The molecular formula is C34H40N2O10S2. The van der Waals surface area contributed by atoms with Crippen LogP contribution in [0, 0.1) is 19.8 Å². The number of hydrogen-bond acceptors (Lipinski definition) is 9. The van der Waals surface area contributed by atoms with Gasteiger partial charge in [0.1, 0.15) is 6.04 Å². The van der Waals surface area contributed by atoms with E-state index in [9.17, 15) is 36.0 Å². The van der Waals surface area contributed by atoms with Crippen LogP contribution >= 0.6 is 0 Å². The molecule has 48 heavy (non-hydrogen) atoms. The van der Waals surface area contributed by atoms with Crippen LogP contribution in [0.25, 0.3) is 0 Å². The van der Waals surface area contributed by atoms with Crippen molar-refractivity contribution in [2.24, 2.45) is 5.92 Å². The molecule has 258 valence electrons. The number of ketones is 1. The maximum Gasteiger partial charge on any atom is 0.303 e. The van der Waals surface area contributed by atoms with Gasteiger partial charge in [0.05, 0.1) is 33.8 Å². The molecule has 0 unspecified atom stereocenters. The number of Topliss-reactive ketones (excluding diaryl/α,β-unsaturated/α-hetero) is 1. The lowest BCUT2D eigenvalue weighted by Gasteiger charge is -2.19. The van der Waals surface area contributed by atoms with Gasteiger partial charge in [-0.3, -0.25) is 19.2 Å². The minimum atomic E-state index is -4.09. The van der Waals surface area contributed by atoms with Gasteiger partial charge in [0.2, 0.25) is 5.91 Å². The highest BCUT2D eigenvalue weighted by molar-refractivity contribution is 7.92. The Morgan fingerprint density at radius 3 is 1.69 bits per heavy atom. The fourth-order valence-electron chi connectivity index (χ4n) is 4.73. The zero-order valence-electron chi connectivity index (χ0n) is 27.0. The van der Waals surface area contributed by atoms with Crippen molar-refractivity contribution < 1.29 is 45.9 Å². The Hall–Kier alpha value is -4.40. The van der Waals surface area contributed by atoms with Crippen molar-refractivity contribution in [2.75, 3.05) is 31.3 Å². The van der Waals surface area contributed by atoms with E-state index in [4.69, 9.17) is 9.84 Å². The first-order valence-corrected chi connectivity index (χ1v) is 18.5. The fraction of sp³-hybridized carbons (Fsp3) is 0.353. The Bertz CT molecular complexity index is 1730. The van der Waals surface area contributed by atoms with Crippen LogP contribution in [0.15, 0.2) is 82.6 Å². The van der Waals surface area contributed by atoms with E-state index in [2.05, 4.69) is 10.6 Å². The number of ether oxygens (including phenoxy) is 1. The smallest absolute Gasteiger partial charge is 0.303 e.